The first kappa shape index (κ1) is 15.8. The fraction of sp³-hybridized carbons (Fsp3) is 0.556. The zero-order valence-electron chi connectivity index (χ0n) is 13.9. The lowest BCUT2D eigenvalue weighted by atomic mass is 9.85. The lowest BCUT2D eigenvalue weighted by Crippen LogP contribution is -2.43. The second-order valence-corrected chi connectivity index (χ2v) is 7.09. The van der Waals surface area contributed by atoms with Gasteiger partial charge in [-0.15, -0.1) is 0 Å². The monoisotopic (exact) mass is 315 g/mol. The summed E-state index contributed by atoms with van der Waals surface area (Å²) in [7, 11) is 0. The molecule has 1 heterocycles. The number of imide groups is 1. The molecule has 3 amide bonds. The number of carbonyl (C=O) groups is 2. The van der Waals surface area contributed by atoms with Crippen molar-refractivity contribution < 1.29 is 9.59 Å². The third kappa shape index (κ3) is 3.33. The van der Waals surface area contributed by atoms with E-state index in [-0.39, 0.29) is 11.9 Å². The van der Waals surface area contributed by atoms with Crippen molar-refractivity contribution in [2.24, 2.45) is 5.92 Å². The summed E-state index contributed by atoms with van der Waals surface area (Å²) in [5.41, 5.74) is 0.369. The van der Waals surface area contributed by atoms with Gasteiger partial charge in [-0.3, -0.25) is 9.69 Å². The number of hydrogen-bond acceptors (Lipinski definition) is 3. The summed E-state index contributed by atoms with van der Waals surface area (Å²) in [6.07, 6.45) is 3.87. The molecule has 1 aliphatic carbocycles. The highest BCUT2D eigenvalue weighted by Crippen LogP contribution is 2.29. The quantitative estimate of drug-likeness (QED) is 0.821. The minimum Gasteiger partial charge on any atom is -0.369 e. The molecule has 5 nitrogen and oxygen atoms in total. The maximum atomic E-state index is 12.3. The van der Waals surface area contributed by atoms with Crippen molar-refractivity contribution in [1.82, 2.24) is 10.2 Å². The van der Waals surface area contributed by atoms with Crippen LogP contribution in [0.15, 0.2) is 30.3 Å². The Labute approximate surface area is 137 Å². The molecule has 2 aliphatic rings. The van der Waals surface area contributed by atoms with Gasteiger partial charge in [0.25, 0.3) is 5.91 Å². The summed E-state index contributed by atoms with van der Waals surface area (Å²) in [5.74, 6) is 0.592. The van der Waals surface area contributed by atoms with Gasteiger partial charge >= 0.3 is 6.03 Å². The molecule has 5 heteroatoms. The largest absolute Gasteiger partial charge is 0.369 e. The van der Waals surface area contributed by atoms with Gasteiger partial charge in [-0.25, -0.2) is 4.79 Å². The van der Waals surface area contributed by atoms with E-state index < -0.39 is 5.54 Å². The molecule has 0 atom stereocenters. The highest BCUT2D eigenvalue weighted by molar-refractivity contribution is 6.06. The van der Waals surface area contributed by atoms with Crippen LogP contribution in [-0.2, 0) is 4.79 Å². The van der Waals surface area contributed by atoms with E-state index in [1.54, 1.807) is 13.8 Å². The highest BCUT2D eigenvalue weighted by Gasteiger charge is 2.44. The van der Waals surface area contributed by atoms with Crippen molar-refractivity contribution in [1.29, 1.82) is 0 Å². The van der Waals surface area contributed by atoms with E-state index in [0.717, 1.165) is 18.2 Å². The Morgan fingerprint density at radius 3 is 2.43 bits per heavy atom. The molecule has 1 aromatic rings. The van der Waals surface area contributed by atoms with Gasteiger partial charge in [-0.2, -0.15) is 0 Å². The Balaban J connectivity index is 1.67. The molecule has 124 valence electrons. The van der Waals surface area contributed by atoms with E-state index in [1.165, 1.54) is 24.2 Å². The molecule has 1 saturated carbocycles. The minimum atomic E-state index is -0.789. The molecule has 1 aromatic carbocycles. The third-order valence-corrected chi connectivity index (χ3v) is 4.86. The number of nitrogens with one attached hydrogen (secondary N) is 1. The molecule has 1 aliphatic heterocycles. The molecule has 0 bridgehead atoms. The molecule has 0 unspecified atom stereocenters. The topological polar surface area (TPSA) is 52.7 Å². The van der Waals surface area contributed by atoms with Crippen molar-refractivity contribution in [2.45, 2.75) is 38.6 Å². The second kappa shape index (κ2) is 6.22. The summed E-state index contributed by atoms with van der Waals surface area (Å²) in [5, 5.41) is 2.74. The number of nitrogens with zero attached hydrogens (tertiary/aromatic N) is 2. The first-order valence-electron chi connectivity index (χ1n) is 8.41. The zero-order valence-corrected chi connectivity index (χ0v) is 13.9. The van der Waals surface area contributed by atoms with Crippen LogP contribution < -0.4 is 10.2 Å². The number of hydrogen-bond donors (Lipinski definition) is 1. The van der Waals surface area contributed by atoms with Gasteiger partial charge in [-0.05, 0) is 44.7 Å². The summed E-state index contributed by atoms with van der Waals surface area (Å²) < 4.78 is 0. The Bertz CT molecular complexity index is 581. The van der Waals surface area contributed by atoms with Crippen LogP contribution in [0.2, 0.25) is 0 Å². The van der Waals surface area contributed by atoms with Crippen molar-refractivity contribution in [3.63, 3.8) is 0 Å². The first-order valence-corrected chi connectivity index (χ1v) is 8.41. The molecule has 1 saturated heterocycles. The summed E-state index contributed by atoms with van der Waals surface area (Å²) >= 11 is 0. The highest BCUT2D eigenvalue weighted by atomic mass is 16.2. The smallest absolute Gasteiger partial charge is 0.325 e. The van der Waals surface area contributed by atoms with Crippen molar-refractivity contribution in [2.75, 3.05) is 24.5 Å². The average Bonchev–Trinajstić information content (AvgIpc) is 2.67. The zero-order chi connectivity index (χ0) is 16.4. The number of amides is 3. The number of benzene rings is 1. The van der Waals surface area contributed by atoms with Crippen LogP contribution in [0.25, 0.3) is 0 Å². The van der Waals surface area contributed by atoms with Crippen LogP contribution in [-0.4, -0.2) is 42.0 Å². The predicted molar refractivity (Wildman–Crippen MR) is 90.3 cm³/mol. The van der Waals surface area contributed by atoms with Crippen molar-refractivity contribution in [3.8, 4) is 0 Å². The van der Waals surface area contributed by atoms with Gasteiger partial charge in [-0.1, -0.05) is 24.6 Å². The normalized spacial score (nSPS) is 20.3. The number of para-hydroxylation sites is 1. The lowest BCUT2D eigenvalue weighted by molar-refractivity contribution is -0.130. The van der Waals surface area contributed by atoms with E-state index in [2.05, 4.69) is 22.3 Å². The number of urea groups is 1. The first-order chi connectivity index (χ1) is 11.0. The van der Waals surface area contributed by atoms with Gasteiger partial charge in [0.1, 0.15) is 5.54 Å². The summed E-state index contributed by atoms with van der Waals surface area (Å²) in [6.45, 7) is 5.59. The van der Waals surface area contributed by atoms with Crippen LogP contribution in [0.5, 0.6) is 0 Å². The van der Waals surface area contributed by atoms with E-state index >= 15 is 0 Å². The maximum absolute atomic E-state index is 12.3. The van der Waals surface area contributed by atoms with E-state index in [1.807, 2.05) is 18.2 Å². The third-order valence-electron chi connectivity index (χ3n) is 4.86. The van der Waals surface area contributed by atoms with E-state index in [4.69, 9.17) is 0 Å². The molecule has 23 heavy (non-hydrogen) atoms. The molecule has 1 N–H and O–H groups in total. The SMILES string of the molecule is CC1(C)NC(=O)N(CCN(CC2CCC2)c2ccccc2)C1=O. The predicted octanol–water partition coefficient (Wildman–Crippen LogP) is 2.62. The minimum absolute atomic E-state index is 0.140. The van der Waals surface area contributed by atoms with E-state index in [9.17, 15) is 9.59 Å². The molecule has 0 aromatic heterocycles. The van der Waals surface area contributed by atoms with Crippen molar-refractivity contribution >= 4 is 17.6 Å². The fourth-order valence-electron chi connectivity index (χ4n) is 3.19. The molecule has 0 spiro atoms. The maximum Gasteiger partial charge on any atom is 0.325 e. The number of carbonyl (C=O) groups excluding carboxylic acids is 2. The summed E-state index contributed by atoms with van der Waals surface area (Å²) in [6, 6.07) is 9.96. The Morgan fingerprint density at radius 1 is 1.22 bits per heavy atom. The molecule has 2 fully saturated rings. The van der Waals surface area contributed by atoms with Gasteiger partial charge in [0.2, 0.25) is 0 Å². The Hall–Kier alpha value is -2.04. The van der Waals surface area contributed by atoms with Crippen LogP contribution >= 0.6 is 0 Å². The average molecular weight is 315 g/mol. The standard InChI is InChI=1S/C18H25N3O2/c1-18(2)16(22)21(17(23)19-18)12-11-20(13-14-7-6-8-14)15-9-4-3-5-10-15/h3-5,9-10,14H,6-8,11-13H2,1-2H3,(H,19,23). The molecule has 0 radical (unpaired) electrons. The van der Waals surface area contributed by atoms with Crippen molar-refractivity contribution in [3.05, 3.63) is 30.3 Å². The second-order valence-electron chi connectivity index (χ2n) is 7.09. The Morgan fingerprint density at radius 2 is 1.91 bits per heavy atom. The van der Waals surface area contributed by atoms with Crippen LogP contribution in [0, 0.1) is 5.92 Å². The molecule has 3 rings (SSSR count). The molecular weight excluding hydrogens is 290 g/mol. The van der Waals surface area contributed by atoms with Crippen LogP contribution in [0.1, 0.15) is 33.1 Å². The molecular formula is C18H25N3O2. The van der Waals surface area contributed by atoms with Gasteiger partial charge in [0.05, 0.1) is 0 Å². The number of anilines is 1. The van der Waals surface area contributed by atoms with E-state index in [0.29, 0.717) is 13.1 Å². The van der Waals surface area contributed by atoms with Gasteiger partial charge in [0, 0.05) is 25.3 Å². The number of rotatable bonds is 6. The lowest BCUT2D eigenvalue weighted by Gasteiger charge is -2.34. The van der Waals surface area contributed by atoms with Crippen LogP contribution in [0.3, 0.4) is 0 Å². The Kier molecular flexibility index (Phi) is 4.28. The summed E-state index contributed by atoms with van der Waals surface area (Å²) in [4.78, 5) is 28.0. The van der Waals surface area contributed by atoms with Gasteiger partial charge < -0.3 is 10.2 Å². The fourth-order valence-corrected chi connectivity index (χ4v) is 3.19. The van der Waals surface area contributed by atoms with Crippen LogP contribution in [0.4, 0.5) is 10.5 Å². The van der Waals surface area contributed by atoms with Gasteiger partial charge in [0.15, 0.2) is 0 Å².